The Bertz CT molecular complexity index is 456. The van der Waals surface area contributed by atoms with Crippen molar-refractivity contribution in [1.29, 1.82) is 0 Å². The summed E-state index contributed by atoms with van der Waals surface area (Å²) in [6.07, 6.45) is 2.12. The molecule has 2 aromatic rings. The molecular formula is C12H12Br2ClN. The third kappa shape index (κ3) is 3.19. The standard InChI is InChI=1S/C12H12Br2N.ClH/c13-8-11(14)9-15-7-3-5-10-4-1-2-6-12(10)15;/h1-7,11H,8-9H2;1H/q+1;/p-1. The molecule has 1 atom stereocenters. The van der Waals surface area contributed by atoms with E-state index in [1.165, 1.54) is 10.9 Å². The Morgan fingerprint density at radius 3 is 2.56 bits per heavy atom. The van der Waals surface area contributed by atoms with Gasteiger partial charge in [0.05, 0.1) is 4.83 Å². The number of nitrogens with zero attached hydrogens (tertiary/aromatic N) is 1. The highest BCUT2D eigenvalue weighted by molar-refractivity contribution is 9.12. The molecule has 2 rings (SSSR count). The first-order chi connectivity index (χ1) is 7.31. The maximum absolute atomic E-state index is 3.63. The molecule has 0 aliphatic carbocycles. The molecule has 0 fully saturated rings. The summed E-state index contributed by atoms with van der Waals surface area (Å²) in [6.45, 7) is 0.979. The number of benzene rings is 1. The molecule has 1 heterocycles. The van der Waals surface area contributed by atoms with Gasteiger partial charge in [0.2, 0.25) is 5.52 Å². The Morgan fingerprint density at radius 1 is 1.12 bits per heavy atom. The monoisotopic (exact) mass is 363 g/mol. The first-order valence-corrected chi connectivity index (χ1v) is 6.92. The predicted molar refractivity (Wildman–Crippen MR) is 70.7 cm³/mol. The van der Waals surface area contributed by atoms with Gasteiger partial charge in [0, 0.05) is 22.8 Å². The van der Waals surface area contributed by atoms with E-state index in [-0.39, 0.29) is 12.4 Å². The summed E-state index contributed by atoms with van der Waals surface area (Å²) in [5, 5.41) is 2.25. The summed E-state index contributed by atoms with van der Waals surface area (Å²) in [6, 6.07) is 12.7. The molecule has 0 radical (unpaired) electrons. The maximum Gasteiger partial charge on any atom is 0.212 e. The fraction of sp³-hybridized carbons (Fsp3) is 0.250. The number of aromatic nitrogens is 1. The molecule has 0 aliphatic rings. The summed E-state index contributed by atoms with van der Waals surface area (Å²) in [5.74, 6) is 0. The maximum atomic E-state index is 3.63. The normalized spacial score (nSPS) is 12.1. The summed E-state index contributed by atoms with van der Waals surface area (Å²) in [4.78, 5) is 0.466. The van der Waals surface area contributed by atoms with Gasteiger partial charge in [-0.15, -0.1) is 0 Å². The molecule has 0 spiro atoms. The van der Waals surface area contributed by atoms with Gasteiger partial charge in [0.1, 0.15) is 0 Å². The Labute approximate surface area is 119 Å². The summed E-state index contributed by atoms with van der Waals surface area (Å²) < 4.78 is 2.27. The van der Waals surface area contributed by atoms with Crippen molar-refractivity contribution in [3.05, 3.63) is 42.6 Å². The van der Waals surface area contributed by atoms with Crippen molar-refractivity contribution in [2.75, 3.05) is 5.33 Å². The molecule has 0 bridgehead atoms. The van der Waals surface area contributed by atoms with E-state index in [1.807, 2.05) is 0 Å². The van der Waals surface area contributed by atoms with Crippen LogP contribution < -0.4 is 17.0 Å². The van der Waals surface area contributed by atoms with Crippen molar-refractivity contribution in [2.45, 2.75) is 11.4 Å². The van der Waals surface area contributed by atoms with Crippen LogP contribution in [0.2, 0.25) is 0 Å². The largest absolute Gasteiger partial charge is 1.00 e. The van der Waals surface area contributed by atoms with Gasteiger partial charge in [-0.05, 0) is 12.1 Å². The van der Waals surface area contributed by atoms with Crippen molar-refractivity contribution < 1.29 is 17.0 Å². The second-order valence-corrected chi connectivity index (χ2v) is 5.41. The molecule has 0 aliphatic heterocycles. The van der Waals surface area contributed by atoms with Crippen LogP contribution in [0.1, 0.15) is 0 Å². The van der Waals surface area contributed by atoms with Gasteiger partial charge in [-0.3, -0.25) is 0 Å². The molecular weight excluding hydrogens is 353 g/mol. The van der Waals surface area contributed by atoms with Gasteiger partial charge in [0.15, 0.2) is 12.7 Å². The lowest BCUT2D eigenvalue weighted by Gasteiger charge is -2.04. The third-order valence-corrected chi connectivity index (χ3v) is 4.61. The molecule has 86 valence electrons. The van der Waals surface area contributed by atoms with Crippen LogP contribution in [-0.4, -0.2) is 10.2 Å². The van der Waals surface area contributed by atoms with Gasteiger partial charge in [-0.2, -0.15) is 4.57 Å². The van der Waals surface area contributed by atoms with Crippen LogP contribution in [-0.2, 0) is 6.54 Å². The van der Waals surface area contributed by atoms with Gasteiger partial charge in [-0.1, -0.05) is 44.0 Å². The van der Waals surface area contributed by atoms with Crippen LogP contribution in [0.4, 0.5) is 0 Å². The molecule has 16 heavy (non-hydrogen) atoms. The molecule has 4 heteroatoms. The molecule has 0 N–H and O–H groups in total. The van der Waals surface area contributed by atoms with E-state index >= 15 is 0 Å². The smallest absolute Gasteiger partial charge is 0.212 e. The quantitative estimate of drug-likeness (QED) is 0.544. The fourth-order valence-corrected chi connectivity index (χ4v) is 2.16. The number of alkyl halides is 2. The van der Waals surface area contributed by atoms with Gasteiger partial charge < -0.3 is 12.4 Å². The summed E-state index contributed by atoms with van der Waals surface area (Å²) in [5.41, 5.74) is 1.28. The first kappa shape index (κ1) is 13.9. The lowest BCUT2D eigenvalue weighted by atomic mass is 10.2. The van der Waals surface area contributed by atoms with Gasteiger partial charge >= 0.3 is 0 Å². The van der Waals surface area contributed by atoms with Crippen molar-refractivity contribution in [3.8, 4) is 0 Å². The number of pyridine rings is 1. The van der Waals surface area contributed by atoms with E-state index in [2.05, 4.69) is 79.0 Å². The van der Waals surface area contributed by atoms with E-state index < -0.39 is 0 Å². The molecule has 1 aromatic carbocycles. The van der Waals surface area contributed by atoms with Crippen molar-refractivity contribution in [2.24, 2.45) is 0 Å². The third-order valence-electron chi connectivity index (χ3n) is 2.35. The number of hydrogen-bond acceptors (Lipinski definition) is 0. The minimum absolute atomic E-state index is 0. The topological polar surface area (TPSA) is 3.88 Å². The number of para-hydroxylation sites is 1. The Hall–Kier alpha value is -0.120. The number of halogens is 3. The molecule has 1 unspecified atom stereocenters. The van der Waals surface area contributed by atoms with E-state index in [0.717, 1.165) is 11.9 Å². The first-order valence-electron chi connectivity index (χ1n) is 4.88. The fourth-order valence-electron chi connectivity index (χ4n) is 1.64. The zero-order valence-corrected chi connectivity index (χ0v) is 12.5. The zero-order chi connectivity index (χ0) is 10.7. The molecule has 0 amide bonds. The number of fused-ring (bicyclic) bond motifs is 1. The average molecular weight is 365 g/mol. The highest BCUT2D eigenvalue weighted by Crippen LogP contribution is 2.10. The molecule has 0 saturated heterocycles. The lowest BCUT2D eigenvalue weighted by molar-refractivity contribution is -0.669. The lowest BCUT2D eigenvalue weighted by Crippen LogP contribution is -3.00. The van der Waals surface area contributed by atoms with Crippen LogP contribution in [0.25, 0.3) is 10.9 Å². The predicted octanol–water partition coefficient (Wildman–Crippen LogP) is 0.290. The Morgan fingerprint density at radius 2 is 1.81 bits per heavy atom. The van der Waals surface area contributed by atoms with Crippen molar-refractivity contribution >= 4 is 42.8 Å². The molecule has 1 aromatic heterocycles. The second-order valence-electron chi connectivity index (χ2n) is 3.47. The van der Waals surface area contributed by atoms with Gasteiger partial charge in [-0.25, -0.2) is 0 Å². The summed E-state index contributed by atoms with van der Waals surface area (Å²) >= 11 is 7.11. The van der Waals surface area contributed by atoms with Gasteiger partial charge in [0.25, 0.3) is 0 Å². The van der Waals surface area contributed by atoms with Crippen LogP contribution in [0, 0.1) is 0 Å². The number of rotatable bonds is 3. The highest BCUT2D eigenvalue weighted by Gasteiger charge is 2.12. The SMILES string of the molecule is BrCC(Br)C[n+]1cccc2ccccc21.[Cl-]. The summed E-state index contributed by atoms with van der Waals surface area (Å²) in [7, 11) is 0. The van der Waals surface area contributed by atoms with Crippen molar-refractivity contribution in [1.82, 2.24) is 0 Å². The van der Waals surface area contributed by atoms with E-state index in [0.29, 0.717) is 4.83 Å². The van der Waals surface area contributed by atoms with Crippen LogP contribution >= 0.6 is 31.9 Å². The Balaban J connectivity index is 0.00000128. The van der Waals surface area contributed by atoms with E-state index in [4.69, 9.17) is 0 Å². The van der Waals surface area contributed by atoms with E-state index in [9.17, 15) is 0 Å². The molecule has 1 nitrogen and oxygen atoms in total. The minimum Gasteiger partial charge on any atom is -1.00 e. The van der Waals surface area contributed by atoms with Crippen molar-refractivity contribution in [3.63, 3.8) is 0 Å². The Kier molecular flexibility index (Phi) is 5.73. The van der Waals surface area contributed by atoms with Crippen LogP contribution in [0.3, 0.4) is 0 Å². The minimum atomic E-state index is 0. The van der Waals surface area contributed by atoms with Crippen LogP contribution in [0.5, 0.6) is 0 Å². The molecule has 0 saturated carbocycles. The average Bonchev–Trinajstić information content (AvgIpc) is 2.29. The highest BCUT2D eigenvalue weighted by atomic mass is 79.9. The second kappa shape index (κ2) is 6.58. The van der Waals surface area contributed by atoms with E-state index in [1.54, 1.807) is 0 Å². The zero-order valence-electron chi connectivity index (χ0n) is 8.61. The number of hydrogen-bond donors (Lipinski definition) is 0. The van der Waals surface area contributed by atoms with Crippen LogP contribution in [0.15, 0.2) is 42.6 Å².